The average Bonchev–Trinajstić information content (AvgIpc) is 3.39. The Balaban J connectivity index is 1.64. The molecule has 1 aliphatic rings. The summed E-state index contributed by atoms with van der Waals surface area (Å²) in [5.74, 6) is 0.212. The summed E-state index contributed by atoms with van der Waals surface area (Å²) in [6, 6.07) is 7.64. The van der Waals surface area contributed by atoms with Crippen LogP contribution in [0.2, 0.25) is 0 Å². The Bertz CT molecular complexity index is 905. The van der Waals surface area contributed by atoms with Gasteiger partial charge >= 0.3 is 0 Å². The van der Waals surface area contributed by atoms with Crippen LogP contribution in [0.3, 0.4) is 0 Å². The second-order valence-corrected chi connectivity index (χ2v) is 6.88. The number of aryl methyl sites for hydroxylation is 1. The third-order valence-corrected chi connectivity index (χ3v) is 4.78. The van der Waals surface area contributed by atoms with E-state index in [0.717, 1.165) is 29.9 Å². The van der Waals surface area contributed by atoms with Gasteiger partial charge in [0.2, 0.25) is 0 Å². The minimum Gasteiger partial charge on any atom is -0.352 e. The molecule has 3 heterocycles. The smallest absolute Gasteiger partial charge is 0.278 e. The maximum absolute atomic E-state index is 12.8. The lowest BCUT2D eigenvalue weighted by Gasteiger charge is -2.12. The van der Waals surface area contributed by atoms with E-state index >= 15 is 0 Å². The number of amides is 1. The molecule has 1 amide bonds. The maximum Gasteiger partial charge on any atom is 0.278 e. The number of aromatic nitrogens is 3. The zero-order valence-corrected chi connectivity index (χ0v) is 14.5. The third-order valence-electron chi connectivity index (χ3n) is 3.91. The Morgan fingerprint density at radius 2 is 2.12 bits per heavy atom. The van der Waals surface area contributed by atoms with E-state index in [-0.39, 0.29) is 5.91 Å². The van der Waals surface area contributed by atoms with Gasteiger partial charge in [-0.15, -0.1) is 11.3 Å². The van der Waals surface area contributed by atoms with E-state index in [2.05, 4.69) is 25.6 Å². The predicted octanol–water partition coefficient (Wildman–Crippen LogP) is 4.11. The summed E-state index contributed by atoms with van der Waals surface area (Å²) in [6.45, 7) is 1.90. The number of anilines is 3. The summed E-state index contributed by atoms with van der Waals surface area (Å²) in [5.41, 5.74) is 3.69. The highest BCUT2D eigenvalue weighted by Crippen LogP contribution is 2.39. The molecule has 3 aromatic rings. The number of rotatable bonds is 5. The van der Waals surface area contributed by atoms with Crippen LogP contribution in [-0.2, 0) is 0 Å². The van der Waals surface area contributed by atoms with Crippen LogP contribution in [0.25, 0.3) is 0 Å². The van der Waals surface area contributed by atoms with Crippen molar-refractivity contribution in [3.63, 3.8) is 0 Å². The number of carbonyl (C=O) groups is 1. The second-order valence-electron chi connectivity index (χ2n) is 6.02. The summed E-state index contributed by atoms with van der Waals surface area (Å²) < 4.78 is 0. The Morgan fingerprint density at radius 1 is 1.24 bits per heavy atom. The van der Waals surface area contributed by atoms with Crippen molar-refractivity contribution in [2.45, 2.75) is 25.7 Å². The summed E-state index contributed by atoms with van der Waals surface area (Å²) in [5, 5.41) is 8.55. The van der Waals surface area contributed by atoms with Gasteiger partial charge in [0.15, 0.2) is 10.8 Å². The zero-order valence-electron chi connectivity index (χ0n) is 13.7. The molecule has 2 N–H and O–H groups in total. The molecule has 1 fully saturated rings. The van der Waals surface area contributed by atoms with E-state index in [1.165, 1.54) is 11.3 Å². The van der Waals surface area contributed by atoms with E-state index in [9.17, 15) is 4.79 Å². The van der Waals surface area contributed by atoms with Crippen LogP contribution >= 0.6 is 11.3 Å². The van der Waals surface area contributed by atoms with Gasteiger partial charge in [-0.25, -0.2) is 9.97 Å². The van der Waals surface area contributed by atoms with Crippen LogP contribution in [0.1, 0.15) is 40.6 Å². The third kappa shape index (κ3) is 3.66. The van der Waals surface area contributed by atoms with Gasteiger partial charge in [-0.3, -0.25) is 15.1 Å². The number of nitrogens with one attached hydrogen (secondary N) is 2. The molecule has 0 atom stereocenters. The number of carbonyl (C=O) groups excluding carboxylic acids is 1. The standard InChI is InChI=1S/C18H17N5OS/c1-11-10-25-18(20-11)23-17(24)16-15(21-13-3-2-8-19-9-13)7-6-14(22-16)12-4-5-12/h2-3,6-10,12,21H,4-5H2,1H3,(H,20,23,24). The van der Waals surface area contributed by atoms with Crippen LogP contribution in [0.5, 0.6) is 0 Å². The molecule has 6 nitrogen and oxygen atoms in total. The van der Waals surface area contributed by atoms with Crippen molar-refractivity contribution >= 4 is 33.8 Å². The molecule has 25 heavy (non-hydrogen) atoms. The summed E-state index contributed by atoms with van der Waals surface area (Å²) in [7, 11) is 0. The number of thiazole rings is 1. The minimum atomic E-state index is -0.261. The molecule has 126 valence electrons. The van der Waals surface area contributed by atoms with Gasteiger partial charge in [-0.2, -0.15) is 0 Å². The zero-order chi connectivity index (χ0) is 17.2. The van der Waals surface area contributed by atoms with Gasteiger partial charge in [0.05, 0.1) is 23.3 Å². The van der Waals surface area contributed by atoms with Crippen molar-refractivity contribution < 1.29 is 4.79 Å². The van der Waals surface area contributed by atoms with Gasteiger partial charge in [0.25, 0.3) is 5.91 Å². The average molecular weight is 351 g/mol. The quantitative estimate of drug-likeness (QED) is 0.723. The Labute approximate surface area is 149 Å². The summed E-state index contributed by atoms with van der Waals surface area (Å²) in [6.07, 6.45) is 5.68. The highest BCUT2D eigenvalue weighted by Gasteiger charge is 2.27. The van der Waals surface area contributed by atoms with E-state index in [1.54, 1.807) is 12.4 Å². The molecule has 0 aliphatic heterocycles. The van der Waals surface area contributed by atoms with Crippen molar-refractivity contribution in [3.8, 4) is 0 Å². The molecular weight excluding hydrogens is 334 g/mol. The Hall–Kier alpha value is -2.80. The molecule has 0 saturated heterocycles. The minimum absolute atomic E-state index is 0.261. The van der Waals surface area contributed by atoms with Crippen LogP contribution in [0, 0.1) is 6.92 Å². The van der Waals surface area contributed by atoms with Crippen LogP contribution in [0.15, 0.2) is 42.0 Å². The normalized spacial score (nSPS) is 13.5. The fourth-order valence-electron chi connectivity index (χ4n) is 2.51. The molecule has 7 heteroatoms. The molecule has 0 unspecified atom stereocenters. The van der Waals surface area contributed by atoms with Crippen molar-refractivity contribution in [1.29, 1.82) is 0 Å². The molecule has 1 saturated carbocycles. The van der Waals surface area contributed by atoms with Crippen molar-refractivity contribution in [2.24, 2.45) is 0 Å². The lowest BCUT2D eigenvalue weighted by molar-refractivity contribution is 0.102. The molecule has 0 bridgehead atoms. The maximum atomic E-state index is 12.8. The molecule has 3 aromatic heterocycles. The highest BCUT2D eigenvalue weighted by molar-refractivity contribution is 7.13. The first-order chi connectivity index (χ1) is 12.2. The van der Waals surface area contributed by atoms with E-state index in [4.69, 9.17) is 0 Å². The molecule has 0 aromatic carbocycles. The van der Waals surface area contributed by atoms with Crippen molar-refractivity contribution in [1.82, 2.24) is 15.0 Å². The molecule has 4 rings (SSSR count). The summed E-state index contributed by atoms with van der Waals surface area (Å²) in [4.78, 5) is 25.8. The first-order valence-electron chi connectivity index (χ1n) is 8.10. The number of hydrogen-bond acceptors (Lipinski definition) is 6. The number of hydrogen-bond donors (Lipinski definition) is 2. The lowest BCUT2D eigenvalue weighted by atomic mass is 10.2. The fourth-order valence-corrected chi connectivity index (χ4v) is 3.20. The predicted molar refractivity (Wildman–Crippen MR) is 98.5 cm³/mol. The van der Waals surface area contributed by atoms with Crippen LogP contribution < -0.4 is 10.6 Å². The van der Waals surface area contributed by atoms with Gasteiger partial charge < -0.3 is 5.32 Å². The topological polar surface area (TPSA) is 79.8 Å². The SMILES string of the molecule is Cc1csc(NC(=O)c2nc(C3CC3)ccc2Nc2cccnc2)n1. The van der Waals surface area contributed by atoms with E-state index in [0.29, 0.717) is 22.4 Å². The lowest BCUT2D eigenvalue weighted by Crippen LogP contribution is -2.16. The van der Waals surface area contributed by atoms with Gasteiger partial charge in [-0.1, -0.05) is 0 Å². The Kier molecular flexibility index (Phi) is 4.15. The molecule has 0 spiro atoms. The van der Waals surface area contributed by atoms with E-state index in [1.807, 2.05) is 36.6 Å². The molecule has 0 radical (unpaired) electrons. The first-order valence-corrected chi connectivity index (χ1v) is 8.98. The van der Waals surface area contributed by atoms with E-state index < -0.39 is 0 Å². The largest absolute Gasteiger partial charge is 0.352 e. The molecule has 1 aliphatic carbocycles. The van der Waals surface area contributed by atoms with Gasteiger partial charge in [-0.05, 0) is 44.0 Å². The Morgan fingerprint density at radius 3 is 2.80 bits per heavy atom. The second kappa shape index (κ2) is 6.60. The van der Waals surface area contributed by atoms with Gasteiger partial charge in [0.1, 0.15) is 0 Å². The van der Waals surface area contributed by atoms with Crippen LogP contribution in [0.4, 0.5) is 16.5 Å². The molecular formula is C18H17N5OS. The highest BCUT2D eigenvalue weighted by atomic mass is 32.1. The number of pyridine rings is 2. The van der Waals surface area contributed by atoms with Crippen LogP contribution in [-0.4, -0.2) is 20.9 Å². The summed E-state index contributed by atoms with van der Waals surface area (Å²) >= 11 is 1.40. The number of nitrogens with zero attached hydrogens (tertiary/aromatic N) is 3. The first kappa shape index (κ1) is 15.7. The van der Waals surface area contributed by atoms with Gasteiger partial charge in [0, 0.05) is 23.2 Å². The fraction of sp³-hybridized carbons (Fsp3) is 0.222. The van der Waals surface area contributed by atoms with Crippen molar-refractivity contribution in [3.05, 3.63) is 59.1 Å². The van der Waals surface area contributed by atoms with Crippen molar-refractivity contribution in [2.75, 3.05) is 10.6 Å². The monoisotopic (exact) mass is 351 g/mol.